The zero-order valence-electron chi connectivity index (χ0n) is 29.1. The molecule has 1 saturated heterocycles. The Morgan fingerprint density at radius 2 is 1.92 bits per heavy atom. The predicted molar refractivity (Wildman–Crippen MR) is 189 cm³/mol. The predicted octanol–water partition coefficient (Wildman–Crippen LogP) is 5.62. The van der Waals surface area contributed by atoms with Gasteiger partial charge in [-0.2, -0.15) is 0 Å². The molecule has 270 valence electrons. The van der Waals surface area contributed by atoms with Gasteiger partial charge in [-0.25, -0.2) is 13.4 Å². The lowest BCUT2D eigenvalue weighted by atomic mass is 9.77. The van der Waals surface area contributed by atoms with Crippen LogP contribution in [0.25, 0.3) is 16.8 Å². The number of amides is 2. The quantitative estimate of drug-likeness (QED) is 0.283. The molecule has 0 radical (unpaired) electrons. The molecule has 3 fully saturated rings. The van der Waals surface area contributed by atoms with E-state index in [0.717, 1.165) is 16.3 Å². The minimum Gasteiger partial charge on any atom is -0.472 e. The third-order valence-electron chi connectivity index (χ3n) is 10.7. The normalized spacial score (nSPS) is 28.4. The summed E-state index contributed by atoms with van der Waals surface area (Å²) in [5, 5.41) is 1.19. The fraction of sp³-hybridized carbons (Fsp3) is 0.595. The molecular formula is C37H46ClN3O8S. The summed E-state index contributed by atoms with van der Waals surface area (Å²) in [6.07, 6.45) is 6.35. The highest BCUT2D eigenvalue weighted by Gasteiger charge is 2.61. The highest BCUT2D eigenvalue weighted by molar-refractivity contribution is 7.90. The number of allylic oxidation sites excluding steroid dienone is 1. The minimum absolute atomic E-state index is 0.0403. The van der Waals surface area contributed by atoms with E-state index in [1.807, 2.05) is 58.0 Å². The van der Waals surface area contributed by atoms with Gasteiger partial charge in [0.1, 0.15) is 11.3 Å². The number of pyridine rings is 1. The summed E-state index contributed by atoms with van der Waals surface area (Å²) in [5.41, 5.74) is -0.915. The first-order valence-electron chi connectivity index (χ1n) is 17.6. The number of hydrogen-bond donors (Lipinski definition) is 1. The Labute approximate surface area is 298 Å². The standard InChI is InChI=1S/C37H46ClN3O8S/c1-5-24-19-37(24,35(45)40-50(46,47)26-12-13-26)20-30(42)29-17-25-21-41(29)34(44)28(36(2,3)4)18-32(43)48-14-8-6-7-9-22-10-11-23-16-31(38)39-33(49-25)27(23)15-22/h7,9-11,15-16,24-26,28-29H,5-6,8,12-14,17-21H2,1-4H3,(H,40,45)/b9-7+/t24-,25-,28-,29+,37-/m1/s1. The smallest absolute Gasteiger partial charge is 0.306 e. The zero-order valence-corrected chi connectivity index (χ0v) is 30.6. The second-order valence-corrected chi connectivity index (χ2v) is 17.7. The Balaban J connectivity index is 1.34. The lowest BCUT2D eigenvalue weighted by Gasteiger charge is -2.34. The number of rotatable bonds is 7. The van der Waals surface area contributed by atoms with Crippen molar-refractivity contribution in [1.29, 1.82) is 0 Å². The highest BCUT2D eigenvalue weighted by atomic mass is 35.5. The van der Waals surface area contributed by atoms with Gasteiger partial charge in [-0.1, -0.05) is 70.0 Å². The van der Waals surface area contributed by atoms with Gasteiger partial charge < -0.3 is 14.4 Å². The maximum Gasteiger partial charge on any atom is 0.306 e. The van der Waals surface area contributed by atoms with Gasteiger partial charge in [-0.05, 0) is 66.5 Å². The summed E-state index contributed by atoms with van der Waals surface area (Å²) < 4.78 is 39.7. The number of cyclic esters (lactones) is 1. The average molecular weight is 728 g/mol. The van der Waals surface area contributed by atoms with Crippen LogP contribution < -0.4 is 9.46 Å². The van der Waals surface area contributed by atoms with Crippen molar-refractivity contribution >= 4 is 62.0 Å². The molecule has 13 heteroatoms. The van der Waals surface area contributed by atoms with Crippen LogP contribution in [0.3, 0.4) is 0 Å². The van der Waals surface area contributed by atoms with Crippen molar-refractivity contribution in [2.75, 3.05) is 13.2 Å². The van der Waals surface area contributed by atoms with Gasteiger partial charge in [0.25, 0.3) is 0 Å². The molecule has 6 rings (SSSR count). The molecule has 1 aromatic carbocycles. The molecule has 0 unspecified atom stereocenters. The number of nitrogens with zero attached hydrogens (tertiary/aromatic N) is 2. The van der Waals surface area contributed by atoms with Gasteiger partial charge in [0.05, 0.1) is 42.2 Å². The van der Waals surface area contributed by atoms with Crippen LogP contribution >= 0.6 is 11.6 Å². The Kier molecular flexibility index (Phi) is 10.1. The molecule has 50 heavy (non-hydrogen) atoms. The maximum absolute atomic E-state index is 14.5. The van der Waals surface area contributed by atoms with E-state index in [2.05, 4.69) is 9.71 Å². The van der Waals surface area contributed by atoms with Crippen LogP contribution in [0, 0.1) is 22.7 Å². The van der Waals surface area contributed by atoms with Gasteiger partial charge in [-0.3, -0.25) is 23.9 Å². The Morgan fingerprint density at radius 3 is 2.60 bits per heavy atom. The molecule has 1 N–H and O–H groups in total. The fourth-order valence-corrected chi connectivity index (χ4v) is 8.97. The van der Waals surface area contributed by atoms with Crippen molar-refractivity contribution in [3.05, 3.63) is 41.1 Å². The number of halogens is 1. The first-order chi connectivity index (χ1) is 23.6. The summed E-state index contributed by atoms with van der Waals surface area (Å²) in [5.74, 6) is -2.57. The number of fused-ring (bicyclic) bond motifs is 3. The van der Waals surface area contributed by atoms with Crippen LogP contribution in [-0.2, 0) is 33.9 Å². The molecule has 2 amide bonds. The van der Waals surface area contributed by atoms with Crippen molar-refractivity contribution in [3.8, 4) is 5.88 Å². The van der Waals surface area contributed by atoms with Gasteiger partial charge in [0.2, 0.25) is 27.7 Å². The van der Waals surface area contributed by atoms with E-state index in [1.165, 1.54) is 4.90 Å². The van der Waals surface area contributed by atoms with Crippen LogP contribution in [-0.4, -0.2) is 72.4 Å². The van der Waals surface area contributed by atoms with Crippen LogP contribution in [0.5, 0.6) is 5.88 Å². The minimum atomic E-state index is -3.81. The molecule has 4 bridgehead atoms. The summed E-state index contributed by atoms with van der Waals surface area (Å²) in [6, 6.07) is 6.60. The molecule has 2 saturated carbocycles. The molecule has 3 heterocycles. The van der Waals surface area contributed by atoms with Crippen molar-refractivity contribution in [2.24, 2.45) is 22.7 Å². The Morgan fingerprint density at radius 1 is 1.16 bits per heavy atom. The lowest BCUT2D eigenvalue weighted by molar-refractivity contribution is -0.153. The lowest BCUT2D eigenvalue weighted by Crippen LogP contribution is -2.48. The van der Waals surface area contributed by atoms with Crippen LogP contribution in [0.15, 0.2) is 30.3 Å². The van der Waals surface area contributed by atoms with E-state index in [9.17, 15) is 27.6 Å². The summed E-state index contributed by atoms with van der Waals surface area (Å²) in [6.45, 7) is 7.77. The van der Waals surface area contributed by atoms with E-state index in [1.54, 1.807) is 6.07 Å². The van der Waals surface area contributed by atoms with Gasteiger partial charge in [0, 0.05) is 18.2 Å². The number of benzene rings is 1. The second-order valence-electron chi connectivity index (χ2n) is 15.4. The molecule has 2 aliphatic heterocycles. The molecular weight excluding hydrogens is 682 g/mol. The van der Waals surface area contributed by atoms with Gasteiger partial charge in [0.15, 0.2) is 5.78 Å². The average Bonchev–Trinajstić information content (AvgIpc) is 3.97. The first kappa shape index (κ1) is 36.3. The van der Waals surface area contributed by atoms with Gasteiger partial charge in [-0.15, -0.1) is 0 Å². The Hall–Kier alpha value is -3.51. The zero-order chi connectivity index (χ0) is 36.0. The molecule has 1 aromatic heterocycles. The molecule has 5 atom stereocenters. The topological polar surface area (TPSA) is 149 Å². The number of carbonyl (C=O) groups is 4. The van der Waals surface area contributed by atoms with Crippen molar-refractivity contribution in [3.63, 3.8) is 0 Å². The molecule has 11 nitrogen and oxygen atoms in total. The first-order valence-corrected chi connectivity index (χ1v) is 19.5. The largest absolute Gasteiger partial charge is 0.472 e. The highest BCUT2D eigenvalue weighted by Crippen LogP contribution is 2.58. The van der Waals surface area contributed by atoms with Crippen molar-refractivity contribution in [1.82, 2.24) is 14.6 Å². The molecule has 0 spiro atoms. The number of nitrogens with one attached hydrogen (secondary N) is 1. The third kappa shape index (κ3) is 7.71. The monoisotopic (exact) mass is 727 g/mol. The number of aromatic nitrogens is 1. The summed E-state index contributed by atoms with van der Waals surface area (Å²) in [7, 11) is -3.81. The summed E-state index contributed by atoms with van der Waals surface area (Å²) in [4.78, 5) is 61.4. The van der Waals surface area contributed by atoms with E-state index < -0.39 is 56.0 Å². The number of Topliss-reactive ketones (excluding diaryl/α,β-unsaturated/α-hetero) is 1. The van der Waals surface area contributed by atoms with E-state index in [4.69, 9.17) is 21.1 Å². The molecule has 4 aliphatic rings. The van der Waals surface area contributed by atoms with Crippen LogP contribution in [0.2, 0.25) is 5.15 Å². The number of hydrogen-bond acceptors (Lipinski definition) is 9. The van der Waals surface area contributed by atoms with Crippen molar-refractivity contribution in [2.45, 2.75) is 103 Å². The number of carbonyl (C=O) groups excluding carboxylic acids is 4. The van der Waals surface area contributed by atoms with E-state index in [0.29, 0.717) is 38.5 Å². The Bertz CT molecular complexity index is 1840. The number of esters is 1. The number of sulfonamides is 1. The van der Waals surface area contributed by atoms with Crippen LogP contribution in [0.4, 0.5) is 0 Å². The fourth-order valence-electron chi connectivity index (χ4n) is 7.39. The number of ether oxygens (including phenoxy) is 2. The van der Waals surface area contributed by atoms with Gasteiger partial charge >= 0.3 is 5.97 Å². The van der Waals surface area contributed by atoms with E-state index in [-0.39, 0.29) is 61.1 Å². The van der Waals surface area contributed by atoms with E-state index >= 15 is 0 Å². The summed E-state index contributed by atoms with van der Waals surface area (Å²) >= 11 is 6.41. The SMILES string of the molecule is CC[C@@H]1C[C@]1(CC(=O)[C@@H]1C[C@@H]2CN1C(=O)[C@H](C(C)(C)C)CC(=O)OCCC/C=C/c1ccc3cc(Cl)nc(c3c1)O2)C(=O)NS(=O)(=O)C1CC1. The maximum atomic E-state index is 14.5. The van der Waals surface area contributed by atoms with Crippen molar-refractivity contribution < 1.29 is 37.1 Å². The molecule has 2 aromatic rings. The number of ketones is 1. The molecule has 2 aliphatic carbocycles. The van der Waals surface area contributed by atoms with Crippen LogP contribution in [0.1, 0.15) is 91.0 Å². The second kappa shape index (κ2) is 13.9. The third-order valence-corrected chi connectivity index (χ3v) is 12.7.